The maximum Gasteiger partial charge on any atom is 0.214 e. The molecular weight excluding hydrogens is 272 g/mol. The van der Waals surface area contributed by atoms with Gasteiger partial charge >= 0.3 is 0 Å². The lowest BCUT2D eigenvalue weighted by molar-refractivity contribution is 0.565. The first-order valence-corrected chi connectivity index (χ1v) is 7.23. The Morgan fingerprint density at radius 1 is 1.25 bits per heavy atom. The van der Waals surface area contributed by atoms with Crippen LogP contribution in [0.25, 0.3) is 10.9 Å². The zero-order valence-corrected chi connectivity index (χ0v) is 11.4. The van der Waals surface area contributed by atoms with Gasteiger partial charge in [-0.25, -0.2) is 4.68 Å². The Balaban J connectivity index is 1.76. The van der Waals surface area contributed by atoms with Gasteiger partial charge in [0, 0.05) is 22.2 Å². The van der Waals surface area contributed by atoms with E-state index in [2.05, 4.69) is 20.5 Å². The number of fused-ring (bicyclic) bond motifs is 1. The van der Waals surface area contributed by atoms with Gasteiger partial charge in [0.2, 0.25) is 5.16 Å². The smallest absolute Gasteiger partial charge is 0.214 e. The Morgan fingerprint density at radius 2 is 2.15 bits per heavy atom. The summed E-state index contributed by atoms with van der Waals surface area (Å²) in [5.41, 5.74) is 7.41. The van der Waals surface area contributed by atoms with Crippen molar-refractivity contribution in [2.24, 2.45) is 0 Å². The SMILES string of the molecule is Nc1ccc2c(Sc3nnnn3C3CC3)ccnc2c1. The number of nitrogens with two attached hydrogens (primary N) is 1. The van der Waals surface area contributed by atoms with Crippen molar-refractivity contribution in [2.45, 2.75) is 28.9 Å². The van der Waals surface area contributed by atoms with Crippen LogP contribution in [0.3, 0.4) is 0 Å². The van der Waals surface area contributed by atoms with E-state index in [9.17, 15) is 0 Å². The van der Waals surface area contributed by atoms with Crippen LogP contribution in [-0.2, 0) is 0 Å². The molecule has 2 N–H and O–H groups in total. The van der Waals surface area contributed by atoms with Crippen molar-refractivity contribution in [3.8, 4) is 0 Å². The molecule has 1 aliphatic rings. The number of tetrazole rings is 1. The highest BCUT2D eigenvalue weighted by atomic mass is 32.2. The largest absolute Gasteiger partial charge is 0.399 e. The van der Waals surface area contributed by atoms with Crippen LogP contribution in [0.15, 0.2) is 40.5 Å². The summed E-state index contributed by atoms with van der Waals surface area (Å²) in [4.78, 5) is 5.44. The molecule has 2 heterocycles. The average molecular weight is 284 g/mol. The third-order valence-electron chi connectivity index (χ3n) is 3.28. The fourth-order valence-corrected chi connectivity index (χ4v) is 3.09. The molecule has 20 heavy (non-hydrogen) atoms. The van der Waals surface area contributed by atoms with E-state index in [-0.39, 0.29) is 0 Å². The van der Waals surface area contributed by atoms with Crippen molar-refractivity contribution in [2.75, 3.05) is 5.73 Å². The van der Waals surface area contributed by atoms with Crippen molar-refractivity contribution in [3.63, 3.8) is 0 Å². The number of anilines is 1. The van der Waals surface area contributed by atoms with Crippen LogP contribution in [0.5, 0.6) is 0 Å². The molecule has 6 nitrogen and oxygen atoms in total. The monoisotopic (exact) mass is 284 g/mol. The van der Waals surface area contributed by atoms with E-state index in [0.717, 1.165) is 39.5 Å². The van der Waals surface area contributed by atoms with E-state index >= 15 is 0 Å². The summed E-state index contributed by atoms with van der Waals surface area (Å²) >= 11 is 1.57. The number of rotatable bonds is 3. The van der Waals surface area contributed by atoms with Crippen molar-refractivity contribution >= 4 is 28.4 Å². The molecule has 0 bridgehead atoms. The number of nitrogens with zero attached hydrogens (tertiary/aromatic N) is 5. The quantitative estimate of drug-likeness (QED) is 0.743. The normalized spacial score (nSPS) is 14.8. The highest BCUT2D eigenvalue weighted by Crippen LogP contribution is 2.39. The molecular formula is C13H12N6S. The summed E-state index contributed by atoms with van der Waals surface area (Å²) < 4.78 is 1.91. The van der Waals surface area contributed by atoms with E-state index in [1.165, 1.54) is 0 Å². The summed E-state index contributed by atoms with van der Waals surface area (Å²) in [6, 6.07) is 8.21. The highest BCUT2D eigenvalue weighted by Gasteiger charge is 2.28. The lowest BCUT2D eigenvalue weighted by atomic mass is 10.2. The minimum absolute atomic E-state index is 0.469. The molecule has 1 aliphatic carbocycles. The standard InChI is InChI=1S/C13H12N6S/c14-8-1-4-10-11(7-8)15-6-5-12(10)20-13-16-17-18-19(13)9-2-3-9/h1,4-7,9H,2-3,14H2. The molecule has 0 radical (unpaired) electrons. The predicted molar refractivity (Wildman–Crippen MR) is 76.4 cm³/mol. The number of benzene rings is 1. The Labute approximate surface area is 119 Å². The van der Waals surface area contributed by atoms with E-state index in [1.807, 2.05) is 28.9 Å². The van der Waals surface area contributed by atoms with Crippen LogP contribution in [0, 0.1) is 0 Å². The Morgan fingerprint density at radius 3 is 3.00 bits per heavy atom. The van der Waals surface area contributed by atoms with E-state index in [4.69, 9.17) is 5.73 Å². The van der Waals surface area contributed by atoms with Crippen LogP contribution < -0.4 is 5.73 Å². The summed E-state index contributed by atoms with van der Waals surface area (Å²) in [6.07, 6.45) is 4.10. The summed E-state index contributed by atoms with van der Waals surface area (Å²) in [5, 5.41) is 13.9. The van der Waals surface area contributed by atoms with Crippen LogP contribution in [0.1, 0.15) is 18.9 Å². The van der Waals surface area contributed by atoms with Gasteiger partial charge in [-0.15, -0.1) is 5.10 Å². The minimum Gasteiger partial charge on any atom is -0.399 e. The van der Waals surface area contributed by atoms with Gasteiger partial charge in [-0.1, -0.05) is 0 Å². The van der Waals surface area contributed by atoms with Crippen molar-refractivity contribution in [1.29, 1.82) is 0 Å². The second kappa shape index (κ2) is 4.45. The van der Waals surface area contributed by atoms with Crippen molar-refractivity contribution in [3.05, 3.63) is 30.5 Å². The maximum atomic E-state index is 5.80. The van der Waals surface area contributed by atoms with Gasteiger partial charge in [0.15, 0.2) is 0 Å². The molecule has 4 rings (SSSR count). The molecule has 0 unspecified atom stereocenters. The highest BCUT2D eigenvalue weighted by molar-refractivity contribution is 7.99. The predicted octanol–water partition coefficient (Wildman–Crippen LogP) is 2.29. The van der Waals surface area contributed by atoms with E-state index < -0.39 is 0 Å². The molecule has 0 spiro atoms. The lowest BCUT2D eigenvalue weighted by Crippen LogP contribution is -1.98. The fraction of sp³-hybridized carbons (Fsp3) is 0.231. The molecule has 1 aromatic carbocycles. The molecule has 0 amide bonds. The van der Waals surface area contributed by atoms with Crippen LogP contribution in [0.2, 0.25) is 0 Å². The number of aromatic nitrogens is 5. The first-order valence-electron chi connectivity index (χ1n) is 6.41. The molecule has 100 valence electrons. The fourth-order valence-electron chi connectivity index (χ4n) is 2.13. The van der Waals surface area contributed by atoms with Gasteiger partial charge in [-0.3, -0.25) is 4.98 Å². The Bertz CT molecular complexity index is 779. The number of pyridine rings is 1. The van der Waals surface area contributed by atoms with Crippen molar-refractivity contribution in [1.82, 2.24) is 25.2 Å². The topological polar surface area (TPSA) is 82.5 Å². The zero-order valence-electron chi connectivity index (χ0n) is 10.6. The first-order chi connectivity index (χ1) is 9.81. The molecule has 3 aromatic rings. The second-order valence-electron chi connectivity index (χ2n) is 4.82. The maximum absolute atomic E-state index is 5.80. The van der Waals surface area contributed by atoms with Gasteiger partial charge < -0.3 is 5.73 Å². The van der Waals surface area contributed by atoms with Crippen LogP contribution in [0.4, 0.5) is 5.69 Å². The van der Waals surface area contributed by atoms with Gasteiger partial charge in [-0.05, 0) is 59.3 Å². The molecule has 7 heteroatoms. The number of nitrogen functional groups attached to an aromatic ring is 1. The molecule has 0 atom stereocenters. The molecule has 0 aliphatic heterocycles. The number of hydrogen-bond acceptors (Lipinski definition) is 6. The molecule has 1 saturated carbocycles. The summed E-state index contributed by atoms with van der Waals surface area (Å²) in [6.45, 7) is 0. The second-order valence-corrected chi connectivity index (χ2v) is 5.83. The van der Waals surface area contributed by atoms with Gasteiger partial charge in [-0.2, -0.15) is 0 Å². The third kappa shape index (κ3) is 2.00. The van der Waals surface area contributed by atoms with Crippen molar-refractivity contribution < 1.29 is 0 Å². The summed E-state index contributed by atoms with van der Waals surface area (Å²) in [5.74, 6) is 0. The van der Waals surface area contributed by atoms with Crippen LogP contribution in [-0.4, -0.2) is 25.2 Å². The van der Waals surface area contributed by atoms with Crippen LogP contribution >= 0.6 is 11.8 Å². The van der Waals surface area contributed by atoms with E-state index in [1.54, 1.807) is 18.0 Å². The van der Waals surface area contributed by atoms with Gasteiger partial charge in [0.05, 0.1) is 11.6 Å². The minimum atomic E-state index is 0.469. The molecule has 0 saturated heterocycles. The summed E-state index contributed by atoms with van der Waals surface area (Å²) in [7, 11) is 0. The van der Waals surface area contributed by atoms with E-state index in [0.29, 0.717) is 6.04 Å². The third-order valence-corrected chi connectivity index (χ3v) is 4.31. The Hall–Kier alpha value is -2.15. The molecule has 2 aromatic heterocycles. The average Bonchev–Trinajstić information content (AvgIpc) is 3.19. The van der Waals surface area contributed by atoms with Gasteiger partial charge in [0.1, 0.15) is 0 Å². The Kier molecular flexibility index (Phi) is 2.59. The zero-order chi connectivity index (χ0) is 13.5. The number of hydrogen-bond donors (Lipinski definition) is 1. The first kappa shape index (κ1) is 11.7. The molecule has 1 fully saturated rings. The lowest BCUT2D eigenvalue weighted by Gasteiger charge is -2.06. The van der Waals surface area contributed by atoms with Gasteiger partial charge in [0.25, 0.3) is 0 Å².